The fourth-order valence-electron chi connectivity index (χ4n) is 2.34. The summed E-state index contributed by atoms with van der Waals surface area (Å²) in [6.07, 6.45) is 2.44. The first-order valence-corrected chi connectivity index (χ1v) is 6.29. The minimum Gasteiger partial charge on any atom is -0.476 e. The normalized spacial score (nSPS) is 14.8. The van der Waals surface area contributed by atoms with Crippen molar-refractivity contribution >= 4 is 11.7 Å². The molecular formula is C14H14N2O3. The van der Waals surface area contributed by atoms with Crippen molar-refractivity contribution in [3.05, 3.63) is 36.0 Å². The fourth-order valence-corrected chi connectivity index (χ4v) is 2.34. The van der Waals surface area contributed by atoms with Crippen LogP contribution >= 0.6 is 0 Å². The van der Waals surface area contributed by atoms with E-state index in [2.05, 4.69) is 16.1 Å². The Kier molecular flexibility index (Phi) is 2.95. The highest BCUT2D eigenvalue weighted by Gasteiger charge is 2.15. The maximum atomic E-state index is 10.8. The molecule has 98 valence electrons. The standard InChI is InChI=1S/C14H14N2O3/c17-14(18)12-9-13(19-15-12)10-4-3-5-11(8-10)16-6-1-2-7-16/h3-5,8-9H,1-2,6-7H2,(H,17,18). The van der Waals surface area contributed by atoms with Gasteiger partial charge in [0, 0.05) is 30.4 Å². The molecule has 0 saturated carbocycles. The van der Waals surface area contributed by atoms with Crippen molar-refractivity contribution in [2.75, 3.05) is 18.0 Å². The Hall–Kier alpha value is -2.30. The molecule has 1 aromatic heterocycles. The second kappa shape index (κ2) is 4.76. The lowest BCUT2D eigenvalue weighted by molar-refractivity contribution is 0.0686. The van der Waals surface area contributed by atoms with E-state index in [0.717, 1.165) is 24.3 Å². The van der Waals surface area contributed by atoms with E-state index in [9.17, 15) is 4.79 Å². The first-order valence-electron chi connectivity index (χ1n) is 6.29. The van der Waals surface area contributed by atoms with Gasteiger partial charge in [0.05, 0.1) is 0 Å². The third-order valence-corrected chi connectivity index (χ3v) is 3.33. The van der Waals surface area contributed by atoms with Crippen molar-refractivity contribution in [3.63, 3.8) is 0 Å². The van der Waals surface area contributed by atoms with E-state index in [1.165, 1.54) is 18.9 Å². The van der Waals surface area contributed by atoms with Crippen molar-refractivity contribution < 1.29 is 14.4 Å². The smallest absolute Gasteiger partial charge is 0.358 e. The van der Waals surface area contributed by atoms with Gasteiger partial charge in [-0.2, -0.15) is 0 Å². The van der Waals surface area contributed by atoms with Crippen molar-refractivity contribution in [3.8, 4) is 11.3 Å². The topological polar surface area (TPSA) is 66.6 Å². The number of hydrogen-bond acceptors (Lipinski definition) is 4. The van der Waals surface area contributed by atoms with Crippen molar-refractivity contribution in [1.29, 1.82) is 0 Å². The minimum atomic E-state index is -1.08. The average Bonchev–Trinajstić information content (AvgIpc) is 3.10. The van der Waals surface area contributed by atoms with Crippen LogP contribution in [-0.2, 0) is 0 Å². The third-order valence-electron chi connectivity index (χ3n) is 3.33. The molecule has 1 aromatic carbocycles. The molecule has 0 radical (unpaired) electrons. The van der Waals surface area contributed by atoms with Gasteiger partial charge < -0.3 is 14.5 Å². The summed E-state index contributed by atoms with van der Waals surface area (Å²) in [6, 6.07) is 9.36. The molecule has 5 nitrogen and oxygen atoms in total. The van der Waals surface area contributed by atoms with Crippen molar-refractivity contribution in [2.45, 2.75) is 12.8 Å². The number of rotatable bonds is 3. The Labute approximate surface area is 110 Å². The summed E-state index contributed by atoms with van der Waals surface area (Å²) in [6.45, 7) is 2.14. The summed E-state index contributed by atoms with van der Waals surface area (Å²) >= 11 is 0. The second-order valence-electron chi connectivity index (χ2n) is 4.63. The number of aromatic nitrogens is 1. The SMILES string of the molecule is O=C(O)c1cc(-c2cccc(N3CCCC3)c2)on1. The quantitative estimate of drug-likeness (QED) is 0.916. The lowest BCUT2D eigenvalue weighted by atomic mass is 10.1. The van der Waals surface area contributed by atoms with Gasteiger partial charge in [-0.1, -0.05) is 17.3 Å². The van der Waals surface area contributed by atoms with Crippen LogP contribution < -0.4 is 4.90 Å². The highest BCUT2D eigenvalue weighted by molar-refractivity contribution is 5.86. The molecule has 3 rings (SSSR count). The third kappa shape index (κ3) is 2.31. The van der Waals surface area contributed by atoms with Crippen LogP contribution in [0.1, 0.15) is 23.3 Å². The largest absolute Gasteiger partial charge is 0.476 e. The zero-order valence-electron chi connectivity index (χ0n) is 10.4. The molecule has 2 aromatic rings. The summed E-state index contributed by atoms with van der Waals surface area (Å²) in [5, 5.41) is 12.4. The van der Waals surface area contributed by atoms with Gasteiger partial charge in [-0.3, -0.25) is 0 Å². The predicted octanol–water partition coefficient (Wildman–Crippen LogP) is 2.64. The molecule has 1 N–H and O–H groups in total. The Bertz CT molecular complexity index is 600. The van der Waals surface area contributed by atoms with Gasteiger partial charge >= 0.3 is 5.97 Å². The number of nitrogens with zero attached hydrogens (tertiary/aromatic N) is 2. The Morgan fingerprint density at radius 1 is 1.26 bits per heavy atom. The van der Waals surface area contributed by atoms with Gasteiger partial charge in [-0.25, -0.2) is 4.79 Å². The lowest BCUT2D eigenvalue weighted by Crippen LogP contribution is -2.17. The van der Waals surface area contributed by atoms with E-state index in [4.69, 9.17) is 9.63 Å². The fraction of sp³-hybridized carbons (Fsp3) is 0.286. The molecule has 1 saturated heterocycles. The first-order chi connectivity index (χ1) is 9.24. The van der Waals surface area contributed by atoms with Gasteiger partial charge in [-0.05, 0) is 25.0 Å². The lowest BCUT2D eigenvalue weighted by Gasteiger charge is -2.17. The van der Waals surface area contributed by atoms with Crippen LogP contribution in [0.3, 0.4) is 0 Å². The number of hydrogen-bond donors (Lipinski definition) is 1. The van der Waals surface area contributed by atoms with Crippen LogP contribution in [0, 0.1) is 0 Å². The molecular weight excluding hydrogens is 244 g/mol. The van der Waals surface area contributed by atoms with Crippen LogP contribution in [0.2, 0.25) is 0 Å². The van der Waals surface area contributed by atoms with Gasteiger partial charge in [-0.15, -0.1) is 0 Å². The molecule has 0 bridgehead atoms. The molecule has 0 amide bonds. The maximum absolute atomic E-state index is 10.8. The number of anilines is 1. The summed E-state index contributed by atoms with van der Waals surface area (Å²) in [5.41, 5.74) is 1.93. The molecule has 19 heavy (non-hydrogen) atoms. The summed E-state index contributed by atoms with van der Waals surface area (Å²) in [7, 11) is 0. The second-order valence-corrected chi connectivity index (χ2v) is 4.63. The molecule has 2 heterocycles. The monoisotopic (exact) mass is 258 g/mol. The van der Waals surface area contributed by atoms with Crippen LogP contribution in [0.4, 0.5) is 5.69 Å². The zero-order chi connectivity index (χ0) is 13.2. The van der Waals surface area contributed by atoms with Crippen molar-refractivity contribution in [2.24, 2.45) is 0 Å². The number of carbonyl (C=O) groups is 1. The molecule has 1 aliphatic rings. The van der Waals surface area contributed by atoms with Crippen LogP contribution in [-0.4, -0.2) is 29.3 Å². The van der Waals surface area contributed by atoms with Gasteiger partial charge in [0.15, 0.2) is 11.5 Å². The number of carboxylic acid groups (broad SMARTS) is 1. The Morgan fingerprint density at radius 2 is 2.05 bits per heavy atom. The molecule has 0 unspecified atom stereocenters. The van der Waals surface area contributed by atoms with E-state index in [1.807, 2.05) is 18.2 Å². The molecule has 5 heteroatoms. The number of benzene rings is 1. The van der Waals surface area contributed by atoms with E-state index in [-0.39, 0.29) is 5.69 Å². The van der Waals surface area contributed by atoms with Crippen LogP contribution in [0.5, 0.6) is 0 Å². The Morgan fingerprint density at radius 3 is 2.74 bits per heavy atom. The highest BCUT2D eigenvalue weighted by atomic mass is 16.5. The maximum Gasteiger partial charge on any atom is 0.358 e. The highest BCUT2D eigenvalue weighted by Crippen LogP contribution is 2.27. The molecule has 1 fully saturated rings. The number of carboxylic acids is 1. The summed E-state index contributed by atoms with van der Waals surface area (Å²) in [5.74, 6) is -0.593. The van der Waals surface area contributed by atoms with E-state index < -0.39 is 5.97 Å². The molecule has 0 spiro atoms. The first kappa shape index (κ1) is 11.8. The average molecular weight is 258 g/mol. The van der Waals surface area contributed by atoms with Gasteiger partial charge in [0.2, 0.25) is 0 Å². The van der Waals surface area contributed by atoms with Gasteiger partial charge in [0.25, 0.3) is 0 Å². The van der Waals surface area contributed by atoms with E-state index in [0.29, 0.717) is 5.76 Å². The van der Waals surface area contributed by atoms with E-state index >= 15 is 0 Å². The van der Waals surface area contributed by atoms with Crippen LogP contribution in [0.15, 0.2) is 34.9 Å². The summed E-state index contributed by atoms with van der Waals surface area (Å²) < 4.78 is 5.08. The van der Waals surface area contributed by atoms with Gasteiger partial charge in [0.1, 0.15) is 0 Å². The number of aromatic carboxylic acids is 1. The zero-order valence-corrected chi connectivity index (χ0v) is 10.4. The molecule has 0 aliphatic carbocycles. The summed E-state index contributed by atoms with van der Waals surface area (Å²) in [4.78, 5) is 13.1. The predicted molar refractivity (Wildman–Crippen MR) is 70.3 cm³/mol. The van der Waals surface area contributed by atoms with E-state index in [1.54, 1.807) is 0 Å². The molecule has 1 aliphatic heterocycles. The van der Waals surface area contributed by atoms with Crippen molar-refractivity contribution in [1.82, 2.24) is 5.16 Å². The minimum absolute atomic E-state index is 0.0680. The van der Waals surface area contributed by atoms with Crippen LogP contribution in [0.25, 0.3) is 11.3 Å². The molecule has 0 atom stereocenters. The Balaban J connectivity index is 1.91.